The van der Waals surface area contributed by atoms with Gasteiger partial charge in [0.1, 0.15) is 0 Å². The number of ether oxygens (including phenoxy) is 1. The van der Waals surface area contributed by atoms with Crippen molar-refractivity contribution in [2.45, 2.75) is 29.7 Å². The summed E-state index contributed by atoms with van der Waals surface area (Å²) in [6, 6.07) is 20.6. The third-order valence-corrected chi connectivity index (χ3v) is 10.5. The van der Waals surface area contributed by atoms with E-state index < -0.39 is 20.0 Å². The van der Waals surface area contributed by atoms with Gasteiger partial charge in [-0.2, -0.15) is 0 Å². The van der Waals surface area contributed by atoms with Crippen molar-refractivity contribution in [1.29, 1.82) is 0 Å². The van der Waals surface area contributed by atoms with Gasteiger partial charge in [-0.25, -0.2) is 25.5 Å². The number of aromatic nitrogens is 1. The maximum atomic E-state index is 13.8. The van der Waals surface area contributed by atoms with Crippen LogP contribution in [0.3, 0.4) is 0 Å². The Balaban J connectivity index is 1.47. The fraction of sp³-hybridized carbons (Fsp3) is 0.286. The fourth-order valence-electron chi connectivity index (χ4n) is 4.92. The summed E-state index contributed by atoms with van der Waals surface area (Å²) in [5, 5.41) is 0.598. The Morgan fingerprint density at radius 2 is 1.62 bits per heavy atom. The monoisotopic (exact) mass is 587 g/mol. The molecule has 0 atom stereocenters. The average Bonchev–Trinajstić information content (AvgIpc) is 3.29. The molecule has 5 rings (SSSR count). The number of nitrogens with one attached hydrogen (secondary N) is 1. The molecule has 1 saturated heterocycles. The molecule has 1 fully saturated rings. The van der Waals surface area contributed by atoms with Gasteiger partial charge in [-0.3, -0.25) is 0 Å². The summed E-state index contributed by atoms with van der Waals surface area (Å²) in [6.45, 7) is 4.98. The van der Waals surface area contributed by atoms with Gasteiger partial charge in [0.15, 0.2) is 5.03 Å². The number of nitrogens with zero attached hydrogens (tertiary/aromatic N) is 2. The topological polar surface area (TPSA) is 97.7 Å². The molecular weight excluding hydrogens is 558 g/mol. The average molecular weight is 588 g/mol. The van der Waals surface area contributed by atoms with Crippen LogP contribution >= 0.6 is 11.6 Å². The van der Waals surface area contributed by atoms with Gasteiger partial charge < -0.3 is 9.64 Å². The van der Waals surface area contributed by atoms with Crippen molar-refractivity contribution >= 4 is 48.2 Å². The maximum Gasteiger partial charge on any atom is 0.269 e. The van der Waals surface area contributed by atoms with Crippen molar-refractivity contribution in [2.75, 3.05) is 37.7 Å². The van der Waals surface area contributed by atoms with E-state index in [0.717, 1.165) is 28.3 Å². The number of benzene rings is 3. The quantitative estimate of drug-likeness (QED) is 0.311. The Labute approximate surface area is 234 Å². The zero-order chi connectivity index (χ0) is 27.6. The Bertz CT molecular complexity index is 1680. The highest BCUT2D eigenvalue weighted by Gasteiger charge is 2.33. The molecule has 1 aromatic heterocycles. The van der Waals surface area contributed by atoms with Crippen LogP contribution in [0.25, 0.3) is 10.9 Å². The van der Waals surface area contributed by atoms with E-state index >= 15 is 0 Å². The van der Waals surface area contributed by atoms with E-state index in [1.165, 1.54) is 12.1 Å². The zero-order valence-corrected chi connectivity index (χ0v) is 23.9. The van der Waals surface area contributed by atoms with Crippen molar-refractivity contribution in [3.63, 3.8) is 0 Å². The van der Waals surface area contributed by atoms with Gasteiger partial charge in [0, 0.05) is 35.7 Å². The summed E-state index contributed by atoms with van der Waals surface area (Å²) < 4.78 is 64.2. The van der Waals surface area contributed by atoms with E-state index in [1.807, 2.05) is 24.3 Å². The highest BCUT2D eigenvalue weighted by Crippen LogP contribution is 2.35. The molecule has 2 heterocycles. The van der Waals surface area contributed by atoms with Crippen LogP contribution in [0.2, 0.25) is 5.02 Å². The smallest absolute Gasteiger partial charge is 0.269 e. The second kappa shape index (κ2) is 11.3. The van der Waals surface area contributed by atoms with Crippen molar-refractivity contribution in [3.8, 4) is 0 Å². The van der Waals surface area contributed by atoms with Crippen LogP contribution in [0.1, 0.15) is 18.1 Å². The predicted octanol–water partition coefficient (Wildman–Crippen LogP) is 4.45. The van der Waals surface area contributed by atoms with E-state index in [-0.39, 0.29) is 22.0 Å². The first-order valence-corrected chi connectivity index (χ1v) is 16.1. The lowest BCUT2D eigenvalue weighted by Crippen LogP contribution is -2.36. The minimum atomic E-state index is -4.23. The van der Waals surface area contributed by atoms with Crippen molar-refractivity contribution < 1.29 is 21.6 Å². The van der Waals surface area contributed by atoms with Gasteiger partial charge in [-0.1, -0.05) is 48.9 Å². The Morgan fingerprint density at radius 1 is 0.923 bits per heavy atom. The van der Waals surface area contributed by atoms with Crippen molar-refractivity contribution in [3.05, 3.63) is 88.9 Å². The van der Waals surface area contributed by atoms with Crippen LogP contribution in [0.4, 0.5) is 5.69 Å². The molecule has 0 amide bonds. The number of sulfonamides is 1. The SMILES string of the molecule is CCc1c(S(=O)(=O)NCCc2ccc(N3CCOCC3)cc2)n(S(=O)(=O)c2ccccc2)c2ccc(Cl)cc12. The molecule has 1 N–H and O–H groups in total. The van der Waals surface area contributed by atoms with Crippen molar-refractivity contribution in [1.82, 2.24) is 8.69 Å². The van der Waals surface area contributed by atoms with Crippen molar-refractivity contribution in [2.24, 2.45) is 0 Å². The highest BCUT2D eigenvalue weighted by molar-refractivity contribution is 7.92. The minimum Gasteiger partial charge on any atom is -0.378 e. The minimum absolute atomic E-state index is 0.00342. The first-order valence-electron chi connectivity index (χ1n) is 12.8. The van der Waals surface area contributed by atoms with Gasteiger partial charge >= 0.3 is 0 Å². The number of rotatable bonds is 9. The Kier molecular flexibility index (Phi) is 8.02. The van der Waals surface area contributed by atoms with Crippen LogP contribution in [0.15, 0.2) is 82.7 Å². The molecule has 39 heavy (non-hydrogen) atoms. The third kappa shape index (κ3) is 5.57. The predicted molar refractivity (Wildman–Crippen MR) is 154 cm³/mol. The number of hydrogen-bond acceptors (Lipinski definition) is 6. The first-order chi connectivity index (χ1) is 18.7. The zero-order valence-electron chi connectivity index (χ0n) is 21.5. The van der Waals surface area contributed by atoms with Gasteiger partial charge in [-0.05, 0) is 66.4 Å². The van der Waals surface area contributed by atoms with E-state index in [9.17, 15) is 16.8 Å². The number of anilines is 1. The summed E-state index contributed by atoms with van der Waals surface area (Å²) in [7, 11) is -8.46. The summed E-state index contributed by atoms with van der Waals surface area (Å²) in [5.41, 5.74) is 2.73. The number of halogens is 1. The molecule has 0 saturated carbocycles. The number of morpholine rings is 1. The largest absolute Gasteiger partial charge is 0.378 e. The maximum absolute atomic E-state index is 13.8. The summed E-state index contributed by atoms with van der Waals surface area (Å²) in [4.78, 5) is 2.25. The van der Waals surface area contributed by atoms with Gasteiger partial charge in [0.05, 0.1) is 23.6 Å². The normalized spacial score (nSPS) is 14.7. The fourth-order valence-corrected chi connectivity index (χ4v) is 8.54. The molecule has 0 radical (unpaired) electrons. The van der Waals surface area contributed by atoms with E-state index in [1.54, 1.807) is 43.3 Å². The molecule has 1 aliphatic heterocycles. The second-order valence-electron chi connectivity index (χ2n) is 9.29. The lowest BCUT2D eigenvalue weighted by atomic mass is 10.1. The lowest BCUT2D eigenvalue weighted by molar-refractivity contribution is 0.122. The molecule has 0 aliphatic carbocycles. The molecule has 0 bridgehead atoms. The standard InChI is InChI=1S/C28H30ClN3O5S2/c1-2-25-26-20-22(29)10-13-27(26)32(39(35,36)24-6-4-3-5-7-24)28(25)38(33,34)30-15-14-21-8-11-23(12-9-21)31-16-18-37-19-17-31/h3-13,20,30H,2,14-19H2,1H3. The lowest BCUT2D eigenvalue weighted by Gasteiger charge is -2.28. The molecule has 0 unspecified atom stereocenters. The Morgan fingerprint density at radius 3 is 2.28 bits per heavy atom. The van der Waals surface area contributed by atoms with Crippen LogP contribution in [0, 0.1) is 0 Å². The van der Waals surface area contributed by atoms with Crippen LogP contribution < -0.4 is 9.62 Å². The number of hydrogen-bond donors (Lipinski definition) is 1. The number of fused-ring (bicyclic) bond motifs is 1. The molecule has 11 heteroatoms. The van der Waals surface area contributed by atoms with Gasteiger partial charge in [0.2, 0.25) is 0 Å². The van der Waals surface area contributed by atoms with E-state index in [4.69, 9.17) is 16.3 Å². The van der Waals surface area contributed by atoms with Gasteiger partial charge in [-0.15, -0.1) is 0 Å². The first kappa shape index (κ1) is 27.7. The summed E-state index contributed by atoms with van der Waals surface area (Å²) in [5.74, 6) is 0. The van der Waals surface area contributed by atoms with Gasteiger partial charge in [0.25, 0.3) is 20.0 Å². The van der Waals surface area contributed by atoms with Crippen LogP contribution in [-0.4, -0.2) is 53.7 Å². The Hall–Kier alpha value is -2.89. The molecule has 1 aliphatic rings. The highest BCUT2D eigenvalue weighted by atomic mass is 35.5. The van der Waals surface area contributed by atoms with E-state index in [2.05, 4.69) is 9.62 Å². The summed E-state index contributed by atoms with van der Waals surface area (Å²) in [6.07, 6.45) is 0.745. The molecule has 0 spiro atoms. The molecule has 4 aromatic rings. The van der Waals surface area contributed by atoms with Crippen LogP contribution in [0.5, 0.6) is 0 Å². The second-order valence-corrected chi connectivity index (χ2v) is 13.2. The molecular formula is C28H30ClN3O5S2. The van der Waals surface area contributed by atoms with E-state index in [0.29, 0.717) is 42.0 Å². The third-order valence-electron chi connectivity index (χ3n) is 6.85. The molecule has 3 aromatic carbocycles. The summed E-state index contributed by atoms with van der Waals surface area (Å²) >= 11 is 6.23. The molecule has 8 nitrogen and oxygen atoms in total. The molecule has 206 valence electrons. The van der Waals surface area contributed by atoms with Crippen LogP contribution in [-0.2, 0) is 37.6 Å². The number of aryl methyl sites for hydroxylation is 1.